The SMILES string of the molecule is CCC(NC(=O)/C(C#N)=C\N(Cc1ccccc1)C(C)C)c1ccc2c(c1)CCCC2. The highest BCUT2D eigenvalue weighted by molar-refractivity contribution is 5.97. The fourth-order valence-corrected chi connectivity index (χ4v) is 4.10. The van der Waals surface area contributed by atoms with E-state index in [1.54, 1.807) is 6.20 Å². The minimum atomic E-state index is -0.314. The van der Waals surface area contributed by atoms with Crippen LogP contribution in [-0.4, -0.2) is 16.8 Å². The molecule has 4 heteroatoms. The molecule has 0 fully saturated rings. The number of rotatable bonds is 8. The zero-order valence-corrected chi connectivity index (χ0v) is 18.9. The summed E-state index contributed by atoms with van der Waals surface area (Å²) in [5.74, 6) is -0.314. The Hall–Kier alpha value is -3.06. The summed E-state index contributed by atoms with van der Waals surface area (Å²) in [6, 6.07) is 18.9. The lowest BCUT2D eigenvalue weighted by molar-refractivity contribution is -0.118. The van der Waals surface area contributed by atoms with Crippen LogP contribution in [0, 0.1) is 11.3 Å². The summed E-state index contributed by atoms with van der Waals surface area (Å²) in [5, 5.41) is 12.8. The molecule has 31 heavy (non-hydrogen) atoms. The molecule has 0 saturated heterocycles. The van der Waals surface area contributed by atoms with Crippen LogP contribution in [-0.2, 0) is 24.2 Å². The highest BCUT2D eigenvalue weighted by atomic mass is 16.1. The quantitative estimate of drug-likeness (QED) is 0.461. The maximum atomic E-state index is 13.0. The van der Waals surface area contributed by atoms with Crippen molar-refractivity contribution in [3.63, 3.8) is 0 Å². The zero-order chi connectivity index (χ0) is 22.2. The summed E-state index contributed by atoms with van der Waals surface area (Å²) >= 11 is 0. The summed E-state index contributed by atoms with van der Waals surface area (Å²) in [7, 11) is 0. The molecule has 2 aromatic rings. The number of carbonyl (C=O) groups excluding carboxylic acids is 1. The second-order valence-electron chi connectivity index (χ2n) is 8.58. The summed E-state index contributed by atoms with van der Waals surface area (Å²) < 4.78 is 0. The van der Waals surface area contributed by atoms with Crippen LogP contribution < -0.4 is 5.32 Å². The molecule has 162 valence electrons. The van der Waals surface area contributed by atoms with E-state index in [9.17, 15) is 10.1 Å². The van der Waals surface area contributed by atoms with Crippen LogP contribution in [0.1, 0.15) is 68.3 Å². The molecule has 1 unspecified atom stereocenters. The Bertz CT molecular complexity index is 956. The van der Waals surface area contributed by atoms with E-state index in [-0.39, 0.29) is 23.6 Å². The van der Waals surface area contributed by atoms with Gasteiger partial charge in [0.15, 0.2) is 0 Å². The Morgan fingerprint density at radius 1 is 1.13 bits per heavy atom. The first kappa shape index (κ1) is 22.6. The number of hydrogen-bond acceptors (Lipinski definition) is 3. The van der Waals surface area contributed by atoms with E-state index in [2.05, 4.69) is 62.5 Å². The molecule has 1 N–H and O–H groups in total. The maximum Gasteiger partial charge on any atom is 0.263 e. The molecule has 0 aromatic heterocycles. The van der Waals surface area contributed by atoms with Crippen molar-refractivity contribution >= 4 is 5.91 Å². The van der Waals surface area contributed by atoms with E-state index >= 15 is 0 Å². The Morgan fingerprint density at radius 2 is 1.84 bits per heavy atom. The van der Waals surface area contributed by atoms with Gasteiger partial charge in [-0.2, -0.15) is 5.26 Å². The van der Waals surface area contributed by atoms with Crippen molar-refractivity contribution in [2.45, 2.75) is 71.5 Å². The molecule has 0 heterocycles. The Balaban J connectivity index is 1.76. The van der Waals surface area contributed by atoms with Crippen LogP contribution in [0.5, 0.6) is 0 Å². The average molecular weight is 416 g/mol. The number of hydrogen-bond donors (Lipinski definition) is 1. The van der Waals surface area contributed by atoms with Gasteiger partial charge in [0.2, 0.25) is 0 Å². The molecule has 1 aliphatic rings. The van der Waals surface area contributed by atoms with Crippen molar-refractivity contribution in [2.75, 3.05) is 0 Å². The Kier molecular flexibility index (Phi) is 7.89. The van der Waals surface area contributed by atoms with Crippen LogP contribution in [0.2, 0.25) is 0 Å². The lowest BCUT2D eigenvalue weighted by Crippen LogP contribution is -2.32. The van der Waals surface area contributed by atoms with Crippen molar-refractivity contribution < 1.29 is 4.79 Å². The minimum absolute atomic E-state index is 0.0990. The molecule has 1 atom stereocenters. The van der Waals surface area contributed by atoms with Crippen molar-refractivity contribution in [3.05, 3.63) is 82.6 Å². The molecule has 0 aliphatic heterocycles. The molecule has 1 amide bonds. The molecule has 0 spiro atoms. The highest BCUT2D eigenvalue weighted by Gasteiger charge is 2.19. The zero-order valence-electron chi connectivity index (χ0n) is 18.9. The standard InChI is InChI=1S/C27H33N3O/c1-4-26(24-15-14-22-12-8-9-13-23(22)16-24)29-27(31)25(17-28)19-30(20(2)3)18-21-10-6-5-7-11-21/h5-7,10-11,14-16,19-20,26H,4,8-9,12-13,18H2,1-3H3,(H,29,31)/b25-19-. The van der Waals surface area contributed by atoms with E-state index in [0.717, 1.165) is 30.4 Å². The first-order chi connectivity index (χ1) is 15.0. The van der Waals surface area contributed by atoms with Gasteiger partial charge in [0, 0.05) is 18.8 Å². The van der Waals surface area contributed by atoms with Gasteiger partial charge in [0.05, 0.1) is 6.04 Å². The lowest BCUT2D eigenvalue weighted by Gasteiger charge is -2.26. The average Bonchev–Trinajstić information content (AvgIpc) is 2.80. The molecule has 0 saturated carbocycles. The van der Waals surface area contributed by atoms with E-state index in [4.69, 9.17) is 0 Å². The van der Waals surface area contributed by atoms with Crippen molar-refractivity contribution in [1.82, 2.24) is 10.2 Å². The number of nitriles is 1. The van der Waals surface area contributed by atoms with Crippen LogP contribution in [0.3, 0.4) is 0 Å². The smallest absolute Gasteiger partial charge is 0.263 e. The predicted molar refractivity (Wildman–Crippen MR) is 125 cm³/mol. The van der Waals surface area contributed by atoms with Gasteiger partial charge in [0.1, 0.15) is 11.6 Å². The number of aryl methyl sites for hydroxylation is 2. The van der Waals surface area contributed by atoms with E-state index in [0.29, 0.717) is 6.54 Å². The third kappa shape index (κ3) is 5.98. The van der Waals surface area contributed by atoms with Crippen LogP contribution >= 0.6 is 0 Å². The topological polar surface area (TPSA) is 56.1 Å². The second kappa shape index (κ2) is 10.8. The largest absolute Gasteiger partial charge is 0.369 e. The molecule has 3 rings (SSSR count). The molecule has 4 nitrogen and oxygen atoms in total. The van der Waals surface area contributed by atoms with Gasteiger partial charge < -0.3 is 10.2 Å². The Labute approximate surface area is 186 Å². The highest BCUT2D eigenvalue weighted by Crippen LogP contribution is 2.26. The third-order valence-corrected chi connectivity index (χ3v) is 6.02. The van der Waals surface area contributed by atoms with Gasteiger partial charge in [-0.3, -0.25) is 4.79 Å². The van der Waals surface area contributed by atoms with Crippen LogP contribution in [0.4, 0.5) is 0 Å². The molecule has 2 aromatic carbocycles. The van der Waals surface area contributed by atoms with Gasteiger partial charge in [-0.25, -0.2) is 0 Å². The van der Waals surface area contributed by atoms with E-state index in [1.165, 1.54) is 24.0 Å². The van der Waals surface area contributed by atoms with Gasteiger partial charge in [-0.15, -0.1) is 0 Å². The summed E-state index contributed by atoms with van der Waals surface area (Å²) in [4.78, 5) is 15.0. The number of benzene rings is 2. The van der Waals surface area contributed by atoms with Crippen molar-refractivity contribution in [2.24, 2.45) is 0 Å². The fourth-order valence-electron chi connectivity index (χ4n) is 4.10. The summed E-state index contributed by atoms with van der Waals surface area (Å²) in [6.45, 7) is 6.84. The molecule has 1 aliphatic carbocycles. The normalized spacial score (nSPS) is 14.5. The van der Waals surface area contributed by atoms with Crippen LogP contribution in [0.15, 0.2) is 60.3 Å². The predicted octanol–water partition coefficient (Wildman–Crippen LogP) is 5.45. The first-order valence-corrected chi connectivity index (χ1v) is 11.4. The van der Waals surface area contributed by atoms with Gasteiger partial charge >= 0.3 is 0 Å². The second-order valence-corrected chi connectivity index (χ2v) is 8.58. The summed E-state index contributed by atoms with van der Waals surface area (Å²) in [5.41, 5.74) is 5.24. The van der Waals surface area contributed by atoms with Crippen LogP contribution in [0.25, 0.3) is 0 Å². The molecular formula is C27H33N3O. The Morgan fingerprint density at radius 3 is 2.48 bits per heavy atom. The van der Waals surface area contributed by atoms with E-state index < -0.39 is 0 Å². The number of carbonyl (C=O) groups is 1. The maximum absolute atomic E-state index is 13.0. The van der Waals surface area contributed by atoms with Gasteiger partial charge in [-0.1, -0.05) is 55.5 Å². The number of nitrogens with zero attached hydrogens (tertiary/aromatic N) is 2. The van der Waals surface area contributed by atoms with Crippen molar-refractivity contribution in [3.8, 4) is 6.07 Å². The molecular weight excluding hydrogens is 382 g/mol. The van der Waals surface area contributed by atoms with Gasteiger partial charge in [0.25, 0.3) is 5.91 Å². The summed E-state index contributed by atoms with van der Waals surface area (Å²) in [6.07, 6.45) is 7.22. The minimum Gasteiger partial charge on any atom is -0.369 e. The third-order valence-electron chi connectivity index (χ3n) is 6.02. The molecule has 0 bridgehead atoms. The monoisotopic (exact) mass is 415 g/mol. The number of amides is 1. The fraction of sp³-hybridized carbons (Fsp3) is 0.407. The van der Waals surface area contributed by atoms with E-state index in [1.807, 2.05) is 23.1 Å². The number of fused-ring (bicyclic) bond motifs is 1. The lowest BCUT2D eigenvalue weighted by atomic mass is 9.88. The van der Waals surface area contributed by atoms with Crippen molar-refractivity contribution in [1.29, 1.82) is 5.26 Å². The first-order valence-electron chi connectivity index (χ1n) is 11.4. The molecule has 0 radical (unpaired) electrons. The van der Waals surface area contributed by atoms with Gasteiger partial charge in [-0.05, 0) is 68.2 Å². The number of nitrogens with one attached hydrogen (secondary N) is 1.